The van der Waals surface area contributed by atoms with Crippen molar-refractivity contribution in [1.29, 1.82) is 0 Å². The van der Waals surface area contributed by atoms with E-state index >= 15 is 0 Å². The number of amides is 1. The van der Waals surface area contributed by atoms with Gasteiger partial charge in [0.25, 0.3) is 5.91 Å². The minimum atomic E-state index is -0.520. The largest absolute Gasteiger partial charge is 0.484 e. The Bertz CT molecular complexity index is 540. The van der Waals surface area contributed by atoms with Gasteiger partial charge >= 0.3 is 0 Å². The molecule has 0 atom stereocenters. The van der Waals surface area contributed by atoms with Crippen LogP contribution in [0.3, 0.4) is 0 Å². The second-order valence-corrected chi connectivity index (χ2v) is 6.91. The molecule has 5 nitrogen and oxygen atoms in total. The molecule has 0 N–H and O–H groups in total. The molecule has 1 aromatic carbocycles. The normalized spacial score (nSPS) is 22.2. The summed E-state index contributed by atoms with van der Waals surface area (Å²) in [5.41, 5.74) is -0.0501. The summed E-state index contributed by atoms with van der Waals surface area (Å²) in [6, 6.07) is 6.97. The van der Waals surface area contributed by atoms with Crippen LogP contribution < -0.4 is 4.74 Å². The lowest BCUT2D eigenvalue weighted by atomic mass is 9.80. The SMILES string of the molecule is CC1(C)OCC2(CO1)CN(C(=O)COc1ccc(Cl)cc1)C2. The Balaban J connectivity index is 1.45. The van der Waals surface area contributed by atoms with Crippen molar-refractivity contribution >= 4 is 17.5 Å². The number of carbonyl (C=O) groups is 1. The van der Waals surface area contributed by atoms with Crippen molar-refractivity contribution in [2.24, 2.45) is 5.41 Å². The Morgan fingerprint density at radius 1 is 1.23 bits per heavy atom. The van der Waals surface area contributed by atoms with Gasteiger partial charge in [0.05, 0.1) is 18.6 Å². The number of hydrogen-bond acceptors (Lipinski definition) is 4. The van der Waals surface area contributed by atoms with Gasteiger partial charge in [-0.05, 0) is 38.1 Å². The number of likely N-dealkylation sites (tertiary alicyclic amines) is 1. The third-order valence-electron chi connectivity index (χ3n) is 4.03. The first-order valence-corrected chi connectivity index (χ1v) is 7.69. The Labute approximate surface area is 135 Å². The molecule has 2 aliphatic rings. The van der Waals surface area contributed by atoms with E-state index in [1.165, 1.54) is 0 Å². The van der Waals surface area contributed by atoms with Crippen molar-refractivity contribution in [3.05, 3.63) is 29.3 Å². The average Bonchev–Trinajstić information content (AvgIpc) is 2.44. The first-order valence-electron chi connectivity index (χ1n) is 7.32. The third kappa shape index (κ3) is 3.37. The van der Waals surface area contributed by atoms with Gasteiger partial charge in [-0.1, -0.05) is 11.6 Å². The lowest BCUT2D eigenvalue weighted by Gasteiger charge is -2.53. The van der Waals surface area contributed by atoms with E-state index in [2.05, 4.69) is 0 Å². The summed E-state index contributed by atoms with van der Waals surface area (Å²) in [6.45, 7) is 6.41. The highest BCUT2D eigenvalue weighted by Gasteiger charge is 2.50. The van der Waals surface area contributed by atoms with Crippen molar-refractivity contribution in [3.8, 4) is 5.75 Å². The fraction of sp³-hybridized carbons (Fsp3) is 0.562. The summed E-state index contributed by atoms with van der Waals surface area (Å²) in [6.07, 6.45) is 0. The number of hydrogen-bond donors (Lipinski definition) is 0. The number of rotatable bonds is 3. The predicted octanol–water partition coefficient (Wildman–Crippen LogP) is 2.33. The molecular formula is C16H20ClNO4. The fourth-order valence-electron chi connectivity index (χ4n) is 2.63. The Kier molecular flexibility index (Phi) is 4.05. The quantitative estimate of drug-likeness (QED) is 0.856. The molecular weight excluding hydrogens is 306 g/mol. The van der Waals surface area contributed by atoms with E-state index in [0.717, 1.165) is 0 Å². The van der Waals surface area contributed by atoms with Crippen molar-refractivity contribution in [1.82, 2.24) is 4.90 Å². The summed E-state index contributed by atoms with van der Waals surface area (Å²) in [5.74, 6) is 0.0948. The van der Waals surface area contributed by atoms with Gasteiger partial charge in [0.15, 0.2) is 12.4 Å². The summed E-state index contributed by atoms with van der Waals surface area (Å²) >= 11 is 5.80. The molecule has 2 aliphatic heterocycles. The number of carbonyl (C=O) groups excluding carboxylic acids is 1. The zero-order chi connectivity index (χ0) is 15.8. The zero-order valence-corrected chi connectivity index (χ0v) is 13.6. The van der Waals surface area contributed by atoms with Gasteiger partial charge in [0, 0.05) is 18.1 Å². The molecule has 0 radical (unpaired) electrons. The van der Waals surface area contributed by atoms with Crippen LogP contribution in [0.15, 0.2) is 24.3 Å². The van der Waals surface area contributed by atoms with Gasteiger partial charge in [0.1, 0.15) is 5.75 Å². The van der Waals surface area contributed by atoms with E-state index in [0.29, 0.717) is 37.1 Å². The van der Waals surface area contributed by atoms with Crippen molar-refractivity contribution in [3.63, 3.8) is 0 Å². The standard InChI is InChI=1S/C16H20ClNO4/c1-15(2)21-10-16(11-22-15)8-18(9-16)14(19)7-20-13-5-3-12(17)4-6-13/h3-6H,7-11H2,1-2H3. The molecule has 0 saturated carbocycles. The molecule has 1 amide bonds. The smallest absolute Gasteiger partial charge is 0.260 e. The van der Waals surface area contributed by atoms with Crippen LogP contribution in [0.4, 0.5) is 0 Å². The molecule has 3 rings (SSSR count). The van der Waals surface area contributed by atoms with E-state index in [1.54, 1.807) is 29.2 Å². The first kappa shape index (κ1) is 15.6. The predicted molar refractivity (Wildman–Crippen MR) is 81.9 cm³/mol. The van der Waals surface area contributed by atoms with Crippen molar-refractivity contribution in [2.75, 3.05) is 32.9 Å². The second-order valence-electron chi connectivity index (χ2n) is 6.47. The van der Waals surface area contributed by atoms with Crippen molar-refractivity contribution < 1.29 is 19.0 Å². The molecule has 0 unspecified atom stereocenters. The van der Waals surface area contributed by atoms with Crippen LogP contribution in [0.5, 0.6) is 5.75 Å². The van der Waals surface area contributed by atoms with Gasteiger partial charge in [-0.3, -0.25) is 4.79 Å². The molecule has 6 heteroatoms. The highest BCUT2D eigenvalue weighted by molar-refractivity contribution is 6.30. The number of ether oxygens (including phenoxy) is 3. The van der Waals surface area contributed by atoms with Gasteiger partial charge in [-0.15, -0.1) is 0 Å². The molecule has 0 aromatic heterocycles. The van der Waals surface area contributed by atoms with Crippen LogP contribution in [-0.2, 0) is 14.3 Å². The van der Waals surface area contributed by atoms with E-state index in [4.69, 9.17) is 25.8 Å². The first-order chi connectivity index (χ1) is 10.4. The lowest BCUT2D eigenvalue weighted by Crippen LogP contribution is -2.66. The van der Waals surface area contributed by atoms with Gasteiger partial charge in [0.2, 0.25) is 0 Å². The van der Waals surface area contributed by atoms with Crippen LogP contribution in [0.25, 0.3) is 0 Å². The van der Waals surface area contributed by atoms with E-state index in [9.17, 15) is 4.79 Å². The van der Waals surface area contributed by atoms with Crippen LogP contribution in [0.1, 0.15) is 13.8 Å². The topological polar surface area (TPSA) is 48.0 Å². The Morgan fingerprint density at radius 2 is 1.82 bits per heavy atom. The molecule has 1 spiro atoms. The average molecular weight is 326 g/mol. The molecule has 0 aliphatic carbocycles. The maximum Gasteiger partial charge on any atom is 0.260 e. The molecule has 2 heterocycles. The molecule has 0 bridgehead atoms. The highest BCUT2D eigenvalue weighted by atomic mass is 35.5. The summed E-state index contributed by atoms with van der Waals surface area (Å²) < 4.78 is 16.9. The molecule has 1 aromatic rings. The lowest BCUT2D eigenvalue weighted by molar-refractivity contribution is -0.303. The maximum atomic E-state index is 12.1. The van der Waals surface area contributed by atoms with Gasteiger partial charge in [-0.25, -0.2) is 0 Å². The van der Waals surface area contributed by atoms with Crippen LogP contribution >= 0.6 is 11.6 Å². The minimum absolute atomic E-state index is 0.0228. The van der Waals surface area contributed by atoms with Crippen LogP contribution in [0, 0.1) is 5.41 Å². The van der Waals surface area contributed by atoms with E-state index in [1.807, 2.05) is 13.8 Å². The second kappa shape index (κ2) is 5.72. The monoisotopic (exact) mass is 325 g/mol. The van der Waals surface area contributed by atoms with E-state index in [-0.39, 0.29) is 17.9 Å². The summed E-state index contributed by atoms with van der Waals surface area (Å²) in [4.78, 5) is 13.9. The third-order valence-corrected chi connectivity index (χ3v) is 4.29. The van der Waals surface area contributed by atoms with Gasteiger partial charge in [-0.2, -0.15) is 0 Å². The number of halogens is 1. The molecule has 120 valence electrons. The van der Waals surface area contributed by atoms with Crippen LogP contribution in [0.2, 0.25) is 5.02 Å². The minimum Gasteiger partial charge on any atom is -0.484 e. The summed E-state index contributed by atoms with van der Waals surface area (Å²) in [5, 5.41) is 0.642. The maximum absolute atomic E-state index is 12.1. The number of nitrogens with zero attached hydrogens (tertiary/aromatic N) is 1. The molecule has 2 fully saturated rings. The Hall–Kier alpha value is -1.30. The molecule has 2 saturated heterocycles. The summed E-state index contributed by atoms with van der Waals surface area (Å²) in [7, 11) is 0. The van der Waals surface area contributed by atoms with E-state index < -0.39 is 5.79 Å². The van der Waals surface area contributed by atoms with Crippen molar-refractivity contribution in [2.45, 2.75) is 19.6 Å². The molecule has 22 heavy (non-hydrogen) atoms. The highest BCUT2D eigenvalue weighted by Crippen LogP contribution is 2.37. The van der Waals surface area contributed by atoms with Crippen LogP contribution in [-0.4, -0.2) is 49.5 Å². The zero-order valence-electron chi connectivity index (χ0n) is 12.8. The fourth-order valence-corrected chi connectivity index (χ4v) is 2.75. The van der Waals surface area contributed by atoms with Gasteiger partial charge < -0.3 is 19.1 Å². The Morgan fingerprint density at radius 3 is 2.41 bits per heavy atom. The number of benzene rings is 1.